The van der Waals surface area contributed by atoms with Crippen molar-refractivity contribution in [3.8, 4) is 0 Å². The number of carbonyl (C=O) groups is 1. The monoisotopic (exact) mass is 293 g/mol. The van der Waals surface area contributed by atoms with E-state index < -0.39 is 17.7 Å². The molecule has 1 atom stereocenters. The smallest absolute Gasteiger partial charge is 0.312 e. The highest BCUT2D eigenvalue weighted by Gasteiger charge is 2.20. The Balaban J connectivity index is 2.17. The molecule has 0 aliphatic rings. The fraction of sp³-hybridized carbons (Fsp3) is 0.133. The van der Waals surface area contributed by atoms with Crippen molar-refractivity contribution < 1.29 is 14.3 Å². The molecule has 104 valence electrons. The van der Waals surface area contributed by atoms with Crippen LogP contribution in [-0.2, 0) is 4.79 Å². The maximum atomic E-state index is 13.6. The first kappa shape index (κ1) is 14.3. The van der Waals surface area contributed by atoms with Crippen LogP contribution in [-0.4, -0.2) is 17.6 Å². The molecular formula is C15H13ClFNO2. The number of nitrogens with one attached hydrogen (secondary N) is 1. The van der Waals surface area contributed by atoms with Gasteiger partial charge in [-0.25, -0.2) is 4.39 Å². The molecule has 0 saturated heterocycles. The summed E-state index contributed by atoms with van der Waals surface area (Å²) in [6.07, 6.45) is 0. The molecule has 2 rings (SSSR count). The number of carboxylic acids is 1. The zero-order valence-corrected chi connectivity index (χ0v) is 11.3. The third-order valence-electron chi connectivity index (χ3n) is 2.95. The molecule has 2 aromatic rings. The van der Waals surface area contributed by atoms with Crippen LogP contribution in [0.25, 0.3) is 0 Å². The highest BCUT2D eigenvalue weighted by molar-refractivity contribution is 6.33. The molecule has 5 heteroatoms. The topological polar surface area (TPSA) is 49.3 Å². The normalized spacial score (nSPS) is 11.9. The zero-order valence-electron chi connectivity index (χ0n) is 10.5. The summed E-state index contributed by atoms with van der Waals surface area (Å²) in [5, 5.41) is 12.3. The Labute approximate surface area is 121 Å². The fourth-order valence-corrected chi connectivity index (χ4v) is 2.13. The molecular weight excluding hydrogens is 281 g/mol. The van der Waals surface area contributed by atoms with Crippen molar-refractivity contribution in [2.75, 3.05) is 11.9 Å². The summed E-state index contributed by atoms with van der Waals surface area (Å²) in [5.74, 6) is -2.25. The fourth-order valence-electron chi connectivity index (χ4n) is 1.90. The molecule has 0 amide bonds. The average molecular weight is 294 g/mol. The molecule has 0 aliphatic heterocycles. The van der Waals surface area contributed by atoms with E-state index in [4.69, 9.17) is 11.6 Å². The van der Waals surface area contributed by atoms with E-state index in [0.29, 0.717) is 5.56 Å². The predicted molar refractivity (Wildman–Crippen MR) is 76.7 cm³/mol. The van der Waals surface area contributed by atoms with Crippen molar-refractivity contribution in [3.63, 3.8) is 0 Å². The highest BCUT2D eigenvalue weighted by Crippen LogP contribution is 2.26. The zero-order chi connectivity index (χ0) is 14.5. The van der Waals surface area contributed by atoms with Crippen LogP contribution in [0.5, 0.6) is 0 Å². The Hall–Kier alpha value is -2.07. The molecule has 2 aromatic carbocycles. The number of anilines is 1. The van der Waals surface area contributed by atoms with Gasteiger partial charge in [0.05, 0.1) is 16.6 Å². The Morgan fingerprint density at radius 3 is 2.50 bits per heavy atom. The van der Waals surface area contributed by atoms with Gasteiger partial charge in [-0.15, -0.1) is 0 Å². The number of benzene rings is 2. The maximum absolute atomic E-state index is 13.6. The lowest BCUT2D eigenvalue weighted by molar-refractivity contribution is -0.138. The summed E-state index contributed by atoms with van der Waals surface area (Å²) in [5.41, 5.74) is 0.774. The summed E-state index contributed by atoms with van der Waals surface area (Å²) in [6.45, 7) is 0.0556. The van der Waals surface area contributed by atoms with Crippen LogP contribution < -0.4 is 5.32 Å². The van der Waals surface area contributed by atoms with E-state index in [9.17, 15) is 14.3 Å². The van der Waals surface area contributed by atoms with Gasteiger partial charge in [-0.1, -0.05) is 48.0 Å². The van der Waals surface area contributed by atoms with Gasteiger partial charge in [-0.3, -0.25) is 4.79 Å². The van der Waals surface area contributed by atoms with Gasteiger partial charge >= 0.3 is 5.97 Å². The largest absolute Gasteiger partial charge is 0.481 e. The third kappa shape index (κ3) is 3.27. The third-order valence-corrected chi connectivity index (χ3v) is 3.26. The number of halogens is 2. The summed E-state index contributed by atoms with van der Waals surface area (Å²) >= 11 is 5.89. The first-order chi connectivity index (χ1) is 9.59. The van der Waals surface area contributed by atoms with E-state index in [0.717, 1.165) is 0 Å². The Morgan fingerprint density at radius 1 is 1.20 bits per heavy atom. The molecule has 0 spiro atoms. The Morgan fingerprint density at radius 2 is 1.90 bits per heavy atom. The van der Waals surface area contributed by atoms with Crippen LogP contribution >= 0.6 is 11.6 Å². The number of aliphatic carboxylic acids is 1. The van der Waals surface area contributed by atoms with Gasteiger partial charge in [0.2, 0.25) is 0 Å². The number of para-hydroxylation sites is 1. The van der Waals surface area contributed by atoms with Crippen LogP contribution in [0.2, 0.25) is 5.02 Å². The minimum atomic E-state index is -0.976. The van der Waals surface area contributed by atoms with E-state index in [2.05, 4.69) is 5.32 Å². The van der Waals surface area contributed by atoms with Crippen molar-refractivity contribution in [1.82, 2.24) is 0 Å². The minimum absolute atomic E-state index is 0.0556. The van der Waals surface area contributed by atoms with Crippen molar-refractivity contribution in [1.29, 1.82) is 0 Å². The molecule has 0 aliphatic carbocycles. The van der Waals surface area contributed by atoms with Gasteiger partial charge in [0.15, 0.2) is 0 Å². The summed E-state index contributed by atoms with van der Waals surface area (Å²) < 4.78 is 13.6. The second-order valence-corrected chi connectivity index (χ2v) is 4.69. The second-order valence-electron chi connectivity index (χ2n) is 4.28. The molecule has 0 radical (unpaired) electrons. The highest BCUT2D eigenvalue weighted by atomic mass is 35.5. The molecule has 0 bridgehead atoms. The van der Waals surface area contributed by atoms with Crippen LogP contribution in [0.1, 0.15) is 11.5 Å². The molecule has 1 unspecified atom stereocenters. The number of rotatable bonds is 5. The van der Waals surface area contributed by atoms with E-state index in [1.165, 1.54) is 12.1 Å². The minimum Gasteiger partial charge on any atom is -0.481 e. The predicted octanol–water partition coefficient (Wildman–Crippen LogP) is 3.76. The van der Waals surface area contributed by atoms with E-state index in [-0.39, 0.29) is 17.3 Å². The summed E-state index contributed by atoms with van der Waals surface area (Å²) in [4.78, 5) is 11.3. The van der Waals surface area contributed by atoms with Crippen LogP contribution in [0.15, 0.2) is 48.5 Å². The summed E-state index contributed by atoms with van der Waals surface area (Å²) in [6, 6.07) is 13.1. The van der Waals surface area contributed by atoms with Crippen molar-refractivity contribution >= 4 is 23.3 Å². The molecule has 3 nitrogen and oxygen atoms in total. The van der Waals surface area contributed by atoms with E-state index in [1.54, 1.807) is 30.3 Å². The number of hydrogen-bond acceptors (Lipinski definition) is 2. The van der Waals surface area contributed by atoms with E-state index in [1.807, 2.05) is 6.07 Å². The first-order valence-electron chi connectivity index (χ1n) is 6.05. The summed E-state index contributed by atoms with van der Waals surface area (Å²) in [7, 11) is 0. The molecule has 2 N–H and O–H groups in total. The van der Waals surface area contributed by atoms with Crippen molar-refractivity contribution in [3.05, 3.63) is 64.9 Å². The molecule has 0 heterocycles. The average Bonchev–Trinajstić information content (AvgIpc) is 2.43. The van der Waals surface area contributed by atoms with Gasteiger partial charge in [0.1, 0.15) is 5.82 Å². The van der Waals surface area contributed by atoms with Gasteiger partial charge in [0, 0.05) is 6.54 Å². The SMILES string of the molecule is O=C(O)C(CNc1c(F)cccc1Cl)c1ccccc1. The molecule has 20 heavy (non-hydrogen) atoms. The Bertz CT molecular complexity index is 584. The van der Waals surface area contributed by atoms with E-state index >= 15 is 0 Å². The Kier molecular flexibility index (Phi) is 4.58. The van der Waals surface area contributed by atoms with Gasteiger partial charge in [0.25, 0.3) is 0 Å². The number of carboxylic acid groups (broad SMARTS) is 1. The van der Waals surface area contributed by atoms with Crippen LogP contribution in [0.3, 0.4) is 0 Å². The quantitative estimate of drug-likeness (QED) is 0.882. The molecule has 0 fully saturated rings. The van der Waals surface area contributed by atoms with Crippen LogP contribution in [0.4, 0.5) is 10.1 Å². The molecule has 0 aromatic heterocycles. The second kappa shape index (κ2) is 6.39. The first-order valence-corrected chi connectivity index (χ1v) is 6.43. The molecule has 0 saturated carbocycles. The number of hydrogen-bond donors (Lipinski definition) is 2. The van der Waals surface area contributed by atoms with Gasteiger partial charge < -0.3 is 10.4 Å². The standard InChI is InChI=1S/C15H13ClFNO2/c16-12-7-4-8-13(17)14(12)18-9-11(15(19)20)10-5-2-1-3-6-10/h1-8,11,18H,9H2,(H,19,20). The van der Waals surface area contributed by atoms with Crippen molar-refractivity contribution in [2.45, 2.75) is 5.92 Å². The van der Waals surface area contributed by atoms with Crippen molar-refractivity contribution in [2.24, 2.45) is 0 Å². The lowest BCUT2D eigenvalue weighted by Gasteiger charge is -2.15. The maximum Gasteiger partial charge on any atom is 0.312 e. The lowest BCUT2D eigenvalue weighted by Crippen LogP contribution is -2.21. The van der Waals surface area contributed by atoms with Gasteiger partial charge in [-0.2, -0.15) is 0 Å². The van der Waals surface area contributed by atoms with Crippen LogP contribution in [0, 0.1) is 5.82 Å². The van der Waals surface area contributed by atoms with Gasteiger partial charge in [-0.05, 0) is 17.7 Å². The lowest BCUT2D eigenvalue weighted by atomic mass is 9.99.